The predicted molar refractivity (Wildman–Crippen MR) is 74.9 cm³/mol. The topological polar surface area (TPSA) is 82.8 Å². The van der Waals surface area contributed by atoms with E-state index in [0.717, 1.165) is 28.3 Å². The van der Waals surface area contributed by atoms with Crippen molar-refractivity contribution < 1.29 is 4.52 Å². The maximum absolute atomic E-state index is 5.93. The lowest BCUT2D eigenvalue weighted by atomic mass is 10.1. The van der Waals surface area contributed by atoms with Gasteiger partial charge in [0, 0.05) is 17.3 Å². The van der Waals surface area contributed by atoms with Crippen LogP contribution in [0.4, 0.5) is 5.82 Å². The van der Waals surface area contributed by atoms with Crippen LogP contribution in [0.3, 0.4) is 0 Å². The van der Waals surface area contributed by atoms with Crippen LogP contribution in [0, 0.1) is 13.8 Å². The zero-order valence-corrected chi connectivity index (χ0v) is 11.4. The molecule has 2 N–H and O–H groups in total. The van der Waals surface area contributed by atoms with E-state index in [0.29, 0.717) is 12.4 Å². The molecule has 3 aromatic rings. The van der Waals surface area contributed by atoms with Crippen molar-refractivity contribution in [2.45, 2.75) is 20.4 Å². The van der Waals surface area contributed by atoms with Gasteiger partial charge in [-0.1, -0.05) is 5.16 Å². The molecule has 0 fully saturated rings. The lowest BCUT2D eigenvalue weighted by molar-refractivity contribution is 0.392. The molecule has 0 aliphatic carbocycles. The Morgan fingerprint density at radius 2 is 2.20 bits per heavy atom. The highest BCUT2D eigenvalue weighted by atomic mass is 16.5. The Morgan fingerprint density at radius 1 is 1.35 bits per heavy atom. The second kappa shape index (κ2) is 4.80. The van der Waals surface area contributed by atoms with Crippen LogP contribution in [0.2, 0.25) is 0 Å². The molecule has 0 aliphatic rings. The van der Waals surface area contributed by atoms with Gasteiger partial charge >= 0.3 is 0 Å². The third-order valence-electron chi connectivity index (χ3n) is 3.34. The summed E-state index contributed by atoms with van der Waals surface area (Å²) in [5.41, 5.74) is 9.68. The van der Waals surface area contributed by atoms with Crippen LogP contribution in [0.25, 0.3) is 11.3 Å². The van der Waals surface area contributed by atoms with Crippen molar-refractivity contribution in [3.63, 3.8) is 0 Å². The quantitative estimate of drug-likeness (QED) is 0.788. The predicted octanol–water partition coefficient (Wildman–Crippen LogP) is 2.18. The number of anilines is 1. The summed E-state index contributed by atoms with van der Waals surface area (Å²) in [4.78, 5) is 8.32. The van der Waals surface area contributed by atoms with Crippen LogP contribution < -0.4 is 5.73 Å². The van der Waals surface area contributed by atoms with E-state index >= 15 is 0 Å². The summed E-state index contributed by atoms with van der Waals surface area (Å²) < 4.78 is 7.21. The van der Waals surface area contributed by atoms with E-state index in [1.807, 2.05) is 30.5 Å². The smallest absolute Gasteiger partial charge is 0.138 e. The first-order valence-electron chi connectivity index (χ1n) is 6.29. The van der Waals surface area contributed by atoms with Gasteiger partial charge in [0.2, 0.25) is 0 Å². The second-order valence-electron chi connectivity index (χ2n) is 4.65. The van der Waals surface area contributed by atoms with Crippen molar-refractivity contribution in [2.24, 2.45) is 0 Å². The van der Waals surface area contributed by atoms with Gasteiger partial charge in [-0.3, -0.25) is 0 Å². The van der Waals surface area contributed by atoms with Crippen LogP contribution in [0.1, 0.15) is 17.0 Å². The molecule has 3 aromatic heterocycles. The Balaban J connectivity index is 2.02. The molecular formula is C14H15N5O. The minimum atomic E-state index is 0.494. The summed E-state index contributed by atoms with van der Waals surface area (Å²) in [6.07, 6.45) is 5.23. The maximum Gasteiger partial charge on any atom is 0.138 e. The molecule has 0 spiro atoms. The molecule has 102 valence electrons. The van der Waals surface area contributed by atoms with E-state index in [-0.39, 0.29) is 0 Å². The highest BCUT2D eigenvalue weighted by molar-refractivity contribution is 5.70. The minimum absolute atomic E-state index is 0.494. The summed E-state index contributed by atoms with van der Waals surface area (Å²) in [5.74, 6) is 1.31. The molecular weight excluding hydrogens is 254 g/mol. The average molecular weight is 269 g/mol. The number of nitrogens with zero attached hydrogens (tertiary/aromatic N) is 4. The van der Waals surface area contributed by atoms with Gasteiger partial charge in [0.05, 0.1) is 30.5 Å². The van der Waals surface area contributed by atoms with E-state index in [1.165, 1.54) is 0 Å². The number of nitrogen functional groups attached to an aromatic ring is 1. The molecule has 0 atom stereocenters. The maximum atomic E-state index is 5.93. The third kappa shape index (κ3) is 2.05. The van der Waals surface area contributed by atoms with Gasteiger partial charge in [-0.05, 0) is 26.0 Å². The zero-order chi connectivity index (χ0) is 14.1. The molecule has 6 nitrogen and oxygen atoms in total. The van der Waals surface area contributed by atoms with Crippen molar-refractivity contribution in [1.29, 1.82) is 0 Å². The Bertz CT molecular complexity index is 724. The summed E-state index contributed by atoms with van der Waals surface area (Å²) in [6, 6.07) is 3.79. The van der Waals surface area contributed by atoms with Gasteiger partial charge in [0.15, 0.2) is 0 Å². The first-order valence-corrected chi connectivity index (χ1v) is 6.29. The third-order valence-corrected chi connectivity index (χ3v) is 3.34. The largest absolute Gasteiger partial charge is 0.383 e. The van der Waals surface area contributed by atoms with E-state index in [2.05, 4.69) is 15.1 Å². The van der Waals surface area contributed by atoms with Gasteiger partial charge < -0.3 is 14.8 Å². The Labute approximate surface area is 116 Å². The fraction of sp³-hybridized carbons (Fsp3) is 0.214. The monoisotopic (exact) mass is 269 g/mol. The zero-order valence-electron chi connectivity index (χ0n) is 11.4. The lowest BCUT2D eigenvalue weighted by Gasteiger charge is -2.09. The number of hydrogen-bond acceptors (Lipinski definition) is 5. The standard InChI is InChI=1S/C14H15N5O/c1-9-12(10(2)20-18-9)7-19-8-16-6-13(19)11-4-3-5-17-14(11)15/h3-6,8H,7H2,1-2H3,(H2,15,17). The second-order valence-corrected chi connectivity index (χ2v) is 4.65. The highest BCUT2D eigenvalue weighted by Crippen LogP contribution is 2.25. The fourth-order valence-electron chi connectivity index (χ4n) is 2.20. The molecule has 0 unspecified atom stereocenters. The number of hydrogen-bond donors (Lipinski definition) is 1. The molecule has 0 saturated carbocycles. The fourth-order valence-corrected chi connectivity index (χ4v) is 2.20. The van der Waals surface area contributed by atoms with Crippen molar-refractivity contribution >= 4 is 5.82 Å². The highest BCUT2D eigenvalue weighted by Gasteiger charge is 2.13. The van der Waals surface area contributed by atoms with Crippen molar-refractivity contribution in [2.75, 3.05) is 5.73 Å². The molecule has 0 amide bonds. The van der Waals surface area contributed by atoms with Crippen molar-refractivity contribution in [3.05, 3.63) is 47.9 Å². The van der Waals surface area contributed by atoms with Crippen LogP contribution in [0.15, 0.2) is 35.4 Å². The van der Waals surface area contributed by atoms with Crippen LogP contribution in [0.5, 0.6) is 0 Å². The van der Waals surface area contributed by atoms with E-state index in [1.54, 1.807) is 18.7 Å². The summed E-state index contributed by atoms with van der Waals surface area (Å²) in [6.45, 7) is 4.48. The molecule has 3 heterocycles. The molecule has 0 radical (unpaired) electrons. The number of nitrogens with two attached hydrogens (primary N) is 1. The number of imidazole rings is 1. The summed E-state index contributed by atoms with van der Waals surface area (Å²) in [7, 11) is 0. The van der Waals surface area contributed by atoms with Crippen molar-refractivity contribution in [3.8, 4) is 11.3 Å². The summed E-state index contributed by atoms with van der Waals surface area (Å²) >= 11 is 0. The van der Waals surface area contributed by atoms with Gasteiger partial charge in [0.1, 0.15) is 11.6 Å². The van der Waals surface area contributed by atoms with Crippen LogP contribution >= 0.6 is 0 Å². The molecule has 6 heteroatoms. The lowest BCUT2D eigenvalue weighted by Crippen LogP contribution is -2.04. The normalized spacial score (nSPS) is 10.9. The summed E-state index contributed by atoms with van der Waals surface area (Å²) in [5, 5.41) is 3.97. The van der Waals surface area contributed by atoms with Crippen LogP contribution in [-0.2, 0) is 6.54 Å². The average Bonchev–Trinajstić information content (AvgIpc) is 3.01. The number of rotatable bonds is 3. The van der Waals surface area contributed by atoms with Gasteiger partial charge in [-0.15, -0.1) is 0 Å². The molecule has 0 aromatic carbocycles. The Morgan fingerprint density at radius 3 is 2.90 bits per heavy atom. The van der Waals surface area contributed by atoms with Crippen LogP contribution in [-0.4, -0.2) is 19.7 Å². The Hall–Kier alpha value is -2.63. The number of aromatic nitrogens is 4. The van der Waals surface area contributed by atoms with Gasteiger partial charge in [-0.25, -0.2) is 9.97 Å². The van der Waals surface area contributed by atoms with E-state index < -0.39 is 0 Å². The first-order chi connectivity index (χ1) is 9.66. The number of pyridine rings is 1. The SMILES string of the molecule is Cc1noc(C)c1Cn1cncc1-c1cccnc1N. The molecule has 0 saturated heterocycles. The van der Waals surface area contributed by atoms with E-state index in [4.69, 9.17) is 10.3 Å². The molecule has 0 aliphatic heterocycles. The van der Waals surface area contributed by atoms with Gasteiger partial charge in [-0.2, -0.15) is 0 Å². The minimum Gasteiger partial charge on any atom is -0.383 e. The number of aryl methyl sites for hydroxylation is 2. The van der Waals surface area contributed by atoms with E-state index in [9.17, 15) is 0 Å². The van der Waals surface area contributed by atoms with Gasteiger partial charge in [0.25, 0.3) is 0 Å². The Kier molecular flexibility index (Phi) is 2.98. The molecule has 3 rings (SSSR count). The molecule has 0 bridgehead atoms. The van der Waals surface area contributed by atoms with Crippen molar-refractivity contribution in [1.82, 2.24) is 19.7 Å². The first kappa shape index (κ1) is 12.4. The molecule has 20 heavy (non-hydrogen) atoms.